The zero-order chi connectivity index (χ0) is 19.9. The van der Waals surface area contributed by atoms with Crippen molar-refractivity contribution in [2.24, 2.45) is 5.10 Å². The molecule has 2 N–H and O–H groups in total. The molecule has 1 heterocycles. The predicted molar refractivity (Wildman–Crippen MR) is 104 cm³/mol. The van der Waals surface area contributed by atoms with Crippen molar-refractivity contribution in [3.05, 3.63) is 82.8 Å². The summed E-state index contributed by atoms with van der Waals surface area (Å²) in [5, 5.41) is 6.78. The van der Waals surface area contributed by atoms with Crippen LogP contribution in [0.2, 0.25) is 5.02 Å². The van der Waals surface area contributed by atoms with Crippen molar-refractivity contribution in [3.63, 3.8) is 0 Å². The lowest BCUT2D eigenvalue weighted by Crippen LogP contribution is -2.34. The fraction of sp³-hybridized carbons (Fsp3) is 0.0500. The molecule has 0 unspecified atom stereocenters. The molecule has 0 fully saturated rings. The highest BCUT2D eigenvalue weighted by atomic mass is 35.5. The van der Waals surface area contributed by atoms with Crippen molar-refractivity contribution in [1.82, 2.24) is 10.7 Å². The van der Waals surface area contributed by atoms with Crippen LogP contribution in [0.4, 0.5) is 4.39 Å². The topological polar surface area (TPSA) is 83.7 Å². The van der Waals surface area contributed by atoms with Crippen molar-refractivity contribution in [3.8, 4) is 11.3 Å². The van der Waals surface area contributed by atoms with Gasteiger partial charge in [0, 0.05) is 16.1 Å². The van der Waals surface area contributed by atoms with Gasteiger partial charge in [-0.1, -0.05) is 17.7 Å². The number of benzene rings is 2. The van der Waals surface area contributed by atoms with Gasteiger partial charge in [0.2, 0.25) is 0 Å². The first-order valence-corrected chi connectivity index (χ1v) is 8.60. The normalized spacial score (nSPS) is 10.8. The van der Waals surface area contributed by atoms with Gasteiger partial charge in [0.25, 0.3) is 11.8 Å². The van der Waals surface area contributed by atoms with E-state index in [4.69, 9.17) is 16.0 Å². The molecule has 1 aromatic heterocycles. The molecule has 0 spiro atoms. The van der Waals surface area contributed by atoms with Crippen molar-refractivity contribution < 1.29 is 18.4 Å². The van der Waals surface area contributed by atoms with Crippen LogP contribution >= 0.6 is 11.6 Å². The van der Waals surface area contributed by atoms with Crippen LogP contribution in [-0.2, 0) is 4.79 Å². The fourth-order valence-electron chi connectivity index (χ4n) is 2.29. The van der Waals surface area contributed by atoms with Crippen LogP contribution in [0, 0.1) is 5.82 Å². The number of carbonyl (C=O) groups is 2. The van der Waals surface area contributed by atoms with E-state index in [0.29, 0.717) is 16.5 Å². The van der Waals surface area contributed by atoms with Gasteiger partial charge in [0.15, 0.2) is 0 Å². The van der Waals surface area contributed by atoms with E-state index in [9.17, 15) is 14.0 Å². The minimum absolute atomic E-state index is 0.126. The van der Waals surface area contributed by atoms with Crippen LogP contribution in [0.3, 0.4) is 0 Å². The molecule has 28 heavy (non-hydrogen) atoms. The van der Waals surface area contributed by atoms with E-state index in [0.717, 1.165) is 11.6 Å². The number of carbonyl (C=O) groups excluding carboxylic acids is 2. The Labute approximate surface area is 165 Å². The van der Waals surface area contributed by atoms with E-state index in [2.05, 4.69) is 15.8 Å². The van der Waals surface area contributed by atoms with Crippen LogP contribution in [-0.4, -0.2) is 24.6 Å². The minimum atomic E-state index is -0.558. The molecular formula is C20H15ClFN3O3. The number of hydrazone groups is 1. The predicted octanol–water partition coefficient (Wildman–Crippen LogP) is 3.62. The molecular weight excluding hydrogens is 385 g/mol. The van der Waals surface area contributed by atoms with Gasteiger partial charge < -0.3 is 9.73 Å². The summed E-state index contributed by atoms with van der Waals surface area (Å²) in [6.07, 6.45) is 1.34. The standard InChI is InChI=1S/C20H15ClFN3O3/c21-15-6-4-13(5-7-15)18-9-8-17(28-18)11-24-25-19(26)12-23-20(27)14-2-1-3-16(22)10-14/h1-11H,12H2,(H,23,27)(H,25,26)/b24-11-. The zero-order valence-electron chi connectivity index (χ0n) is 14.5. The third-order valence-electron chi connectivity index (χ3n) is 3.63. The molecule has 0 saturated carbocycles. The number of hydrogen-bond acceptors (Lipinski definition) is 4. The lowest BCUT2D eigenvalue weighted by atomic mass is 10.2. The van der Waals surface area contributed by atoms with Crippen LogP contribution in [0.5, 0.6) is 0 Å². The van der Waals surface area contributed by atoms with Gasteiger partial charge in [-0.25, -0.2) is 9.82 Å². The van der Waals surface area contributed by atoms with Gasteiger partial charge in [-0.2, -0.15) is 5.10 Å². The third-order valence-corrected chi connectivity index (χ3v) is 3.88. The molecule has 0 atom stereocenters. The highest BCUT2D eigenvalue weighted by molar-refractivity contribution is 6.30. The highest BCUT2D eigenvalue weighted by Gasteiger charge is 2.08. The first-order chi connectivity index (χ1) is 13.5. The third kappa shape index (κ3) is 5.28. The second-order valence-electron chi connectivity index (χ2n) is 5.70. The van der Waals surface area contributed by atoms with Gasteiger partial charge in [0.1, 0.15) is 17.3 Å². The number of nitrogens with one attached hydrogen (secondary N) is 2. The summed E-state index contributed by atoms with van der Waals surface area (Å²) < 4.78 is 18.7. The Kier molecular flexibility index (Phi) is 6.18. The second kappa shape index (κ2) is 8.96. The lowest BCUT2D eigenvalue weighted by molar-refractivity contribution is -0.120. The number of furan rings is 1. The average molecular weight is 400 g/mol. The number of nitrogens with zero attached hydrogens (tertiary/aromatic N) is 1. The molecule has 3 aromatic rings. The summed E-state index contributed by atoms with van der Waals surface area (Å²) >= 11 is 5.85. The summed E-state index contributed by atoms with van der Waals surface area (Å²) in [6.45, 7) is -0.305. The van der Waals surface area contributed by atoms with E-state index < -0.39 is 17.6 Å². The van der Waals surface area contributed by atoms with E-state index in [-0.39, 0.29) is 12.1 Å². The van der Waals surface area contributed by atoms with Gasteiger partial charge in [-0.15, -0.1) is 0 Å². The average Bonchev–Trinajstić information content (AvgIpc) is 3.15. The van der Waals surface area contributed by atoms with Crippen molar-refractivity contribution >= 4 is 29.6 Å². The van der Waals surface area contributed by atoms with Crippen LogP contribution in [0.15, 0.2) is 70.2 Å². The Morgan fingerprint density at radius 3 is 2.64 bits per heavy atom. The Morgan fingerprint density at radius 1 is 1.11 bits per heavy atom. The molecule has 6 nitrogen and oxygen atoms in total. The summed E-state index contributed by atoms with van der Waals surface area (Å²) in [7, 11) is 0. The largest absolute Gasteiger partial charge is 0.455 e. The molecule has 0 aliphatic heterocycles. The Morgan fingerprint density at radius 2 is 1.89 bits per heavy atom. The fourth-order valence-corrected chi connectivity index (χ4v) is 2.42. The SMILES string of the molecule is O=C(CNC(=O)c1cccc(F)c1)N/N=C\c1ccc(-c2ccc(Cl)cc2)o1. The highest BCUT2D eigenvalue weighted by Crippen LogP contribution is 2.23. The Balaban J connectivity index is 1.48. The maximum Gasteiger partial charge on any atom is 0.259 e. The lowest BCUT2D eigenvalue weighted by Gasteiger charge is -2.04. The maximum atomic E-state index is 13.1. The van der Waals surface area contributed by atoms with Crippen LogP contribution < -0.4 is 10.7 Å². The van der Waals surface area contributed by atoms with Gasteiger partial charge in [-0.3, -0.25) is 9.59 Å². The van der Waals surface area contributed by atoms with Crippen LogP contribution in [0.1, 0.15) is 16.1 Å². The van der Waals surface area contributed by atoms with Crippen molar-refractivity contribution in [2.75, 3.05) is 6.54 Å². The molecule has 2 aromatic carbocycles. The Bertz CT molecular complexity index is 1020. The number of rotatable bonds is 6. The number of amides is 2. The summed E-state index contributed by atoms with van der Waals surface area (Å²) in [5.41, 5.74) is 3.25. The Hall–Kier alpha value is -3.45. The summed E-state index contributed by atoms with van der Waals surface area (Å²) in [5.74, 6) is -0.554. The van der Waals surface area contributed by atoms with Crippen molar-refractivity contribution in [2.45, 2.75) is 0 Å². The maximum absolute atomic E-state index is 13.1. The monoisotopic (exact) mass is 399 g/mol. The number of halogens is 2. The molecule has 0 bridgehead atoms. The molecule has 0 aliphatic carbocycles. The van der Waals surface area contributed by atoms with Gasteiger partial charge >= 0.3 is 0 Å². The minimum Gasteiger partial charge on any atom is -0.455 e. The van der Waals surface area contributed by atoms with Gasteiger partial charge in [-0.05, 0) is 54.6 Å². The summed E-state index contributed by atoms with van der Waals surface area (Å²) in [4.78, 5) is 23.6. The first-order valence-electron chi connectivity index (χ1n) is 8.23. The van der Waals surface area contributed by atoms with E-state index in [1.165, 1.54) is 24.4 Å². The summed E-state index contributed by atoms with van der Waals surface area (Å²) in [6, 6.07) is 15.8. The molecule has 0 radical (unpaired) electrons. The molecule has 3 rings (SSSR count). The molecule has 0 aliphatic rings. The van der Waals surface area contributed by atoms with Crippen LogP contribution in [0.25, 0.3) is 11.3 Å². The first kappa shape index (κ1) is 19.3. The molecule has 8 heteroatoms. The van der Waals surface area contributed by atoms with E-state index in [1.54, 1.807) is 24.3 Å². The van der Waals surface area contributed by atoms with Gasteiger partial charge in [0.05, 0.1) is 12.8 Å². The van der Waals surface area contributed by atoms with E-state index >= 15 is 0 Å². The molecule has 142 valence electrons. The smallest absolute Gasteiger partial charge is 0.259 e. The molecule has 0 saturated heterocycles. The quantitative estimate of drug-likeness (QED) is 0.490. The van der Waals surface area contributed by atoms with Crippen molar-refractivity contribution in [1.29, 1.82) is 0 Å². The number of hydrogen-bond donors (Lipinski definition) is 2. The molecule has 2 amide bonds. The second-order valence-corrected chi connectivity index (χ2v) is 6.13. The van der Waals surface area contributed by atoms with E-state index in [1.807, 2.05) is 12.1 Å². The zero-order valence-corrected chi connectivity index (χ0v) is 15.2.